The Labute approximate surface area is 99.7 Å². The van der Waals surface area contributed by atoms with Crippen LogP contribution in [0.25, 0.3) is 0 Å². The molecule has 1 N–H and O–H groups in total. The molecule has 17 heavy (non-hydrogen) atoms. The first-order valence-corrected chi connectivity index (χ1v) is 5.60. The summed E-state index contributed by atoms with van der Waals surface area (Å²) < 4.78 is 0. The van der Waals surface area contributed by atoms with Gasteiger partial charge >= 0.3 is 0 Å². The van der Waals surface area contributed by atoms with Crippen LogP contribution in [0.5, 0.6) is 0 Å². The second kappa shape index (κ2) is 4.91. The van der Waals surface area contributed by atoms with E-state index in [4.69, 9.17) is 0 Å². The lowest BCUT2D eigenvalue weighted by Gasteiger charge is -2.09. The summed E-state index contributed by atoms with van der Waals surface area (Å²) in [5, 5.41) is 17.4. The highest BCUT2D eigenvalue weighted by Gasteiger charge is 2.19. The zero-order chi connectivity index (χ0) is 12.3. The largest absolute Gasteiger partial charge is 0.510 e. The molecule has 1 aliphatic rings. The number of aliphatic hydroxyl groups excluding tert-OH is 1. The highest BCUT2D eigenvalue weighted by Crippen LogP contribution is 2.23. The molecule has 0 radical (unpaired) electrons. The Hall–Kier alpha value is -1.97. The lowest BCUT2D eigenvalue weighted by atomic mass is 10.0. The number of aliphatic hydroxyl groups is 1. The van der Waals surface area contributed by atoms with Crippen molar-refractivity contribution < 1.29 is 9.90 Å². The van der Waals surface area contributed by atoms with Gasteiger partial charge in [0.1, 0.15) is 5.76 Å². The molecule has 2 rings (SSSR count). The van der Waals surface area contributed by atoms with Gasteiger partial charge in [0, 0.05) is 12.8 Å². The van der Waals surface area contributed by atoms with E-state index in [0.29, 0.717) is 24.9 Å². The molecule has 4 nitrogen and oxygen atoms in total. The molecule has 1 aromatic rings. The van der Waals surface area contributed by atoms with Gasteiger partial charge in [-0.2, -0.15) is 5.11 Å². The summed E-state index contributed by atoms with van der Waals surface area (Å²) in [6.45, 7) is 1.96. The Morgan fingerprint density at radius 1 is 1.24 bits per heavy atom. The smallest absolute Gasteiger partial charge is 0.186 e. The lowest BCUT2D eigenvalue weighted by molar-refractivity contribution is -0.116. The van der Waals surface area contributed by atoms with Gasteiger partial charge in [0.25, 0.3) is 0 Å². The molecular weight excluding hydrogens is 216 g/mol. The van der Waals surface area contributed by atoms with Crippen molar-refractivity contribution in [2.45, 2.75) is 26.2 Å². The third-order valence-electron chi connectivity index (χ3n) is 2.62. The minimum atomic E-state index is -0.134. The molecule has 0 atom stereocenters. The van der Waals surface area contributed by atoms with E-state index in [1.54, 1.807) is 6.07 Å². The average molecular weight is 230 g/mol. The second-order valence-electron chi connectivity index (χ2n) is 4.11. The Morgan fingerprint density at radius 3 is 2.76 bits per heavy atom. The molecular formula is C13H14N2O2. The predicted molar refractivity (Wildman–Crippen MR) is 64.2 cm³/mol. The zero-order valence-electron chi connectivity index (χ0n) is 9.68. The van der Waals surface area contributed by atoms with Crippen molar-refractivity contribution in [2.24, 2.45) is 10.2 Å². The maximum absolute atomic E-state index is 11.5. The second-order valence-corrected chi connectivity index (χ2v) is 4.11. The van der Waals surface area contributed by atoms with Crippen LogP contribution >= 0.6 is 0 Å². The molecule has 0 bridgehead atoms. The SMILES string of the molecule is Cc1cccc(N=NC2=C(O)CCCC2=O)c1. The lowest BCUT2D eigenvalue weighted by Crippen LogP contribution is -2.09. The third kappa shape index (κ3) is 2.78. The van der Waals surface area contributed by atoms with Gasteiger partial charge < -0.3 is 5.11 Å². The minimum absolute atomic E-state index is 0.0534. The van der Waals surface area contributed by atoms with Gasteiger partial charge in [-0.1, -0.05) is 12.1 Å². The first-order valence-electron chi connectivity index (χ1n) is 5.60. The van der Waals surface area contributed by atoms with Crippen LogP contribution in [0.1, 0.15) is 24.8 Å². The van der Waals surface area contributed by atoms with E-state index < -0.39 is 0 Å². The van der Waals surface area contributed by atoms with Crippen molar-refractivity contribution >= 4 is 11.5 Å². The third-order valence-corrected chi connectivity index (χ3v) is 2.62. The molecule has 0 aromatic heterocycles. The molecule has 1 aliphatic carbocycles. The number of rotatable bonds is 2. The number of nitrogens with zero attached hydrogens (tertiary/aromatic N) is 2. The summed E-state index contributed by atoms with van der Waals surface area (Å²) in [4.78, 5) is 11.5. The summed E-state index contributed by atoms with van der Waals surface area (Å²) in [5.41, 5.74) is 1.87. The number of hydrogen-bond donors (Lipinski definition) is 1. The number of carbonyl (C=O) groups excluding carboxylic acids is 1. The summed E-state index contributed by atoms with van der Waals surface area (Å²) in [5.74, 6) is -0.0807. The van der Waals surface area contributed by atoms with Gasteiger partial charge in [-0.3, -0.25) is 4.79 Å². The number of carbonyl (C=O) groups is 1. The van der Waals surface area contributed by atoms with E-state index in [1.807, 2.05) is 25.1 Å². The molecule has 0 heterocycles. The monoisotopic (exact) mass is 230 g/mol. The molecule has 1 aromatic carbocycles. The molecule has 0 amide bonds. The van der Waals surface area contributed by atoms with Crippen LogP contribution in [0.15, 0.2) is 46.0 Å². The Bertz CT molecular complexity index is 504. The molecule has 0 saturated carbocycles. The molecule has 0 unspecified atom stereocenters. The summed E-state index contributed by atoms with van der Waals surface area (Å²) >= 11 is 0. The fourth-order valence-corrected chi connectivity index (χ4v) is 1.73. The predicted octanol–water partition coefficient (Wildman–Crippen LogP) is 3.60. The van der Waals surface area contributed by atoms with Crippen molar-refractivity contribution in [3.8, 4) is 0 Å². The summed E-state index contributed by atoms with van der Waals surface area (Å²) in [6.07, 6.45) is 1.63. The average Bonchev–Trinajstić information content (AvgIpc) is 2.28. The van der Waals surface area contributed by atoms with Crippen LogP contribution in [-0.4, -0.2) is 10.9 Å². The van der Waals surface area contributed by atoms with E-state index in [2.05, 4.69) is 10.2 Å². The Morgan fingerprint density at radius 2 is 2.06 bits per heavy atom. The fourth-order valence-electron chi connectivity index (χ4n) is 1.73. The van der Waals surface area contributed by atoms with E-state index in [-0.39, 0.29) is 17.2 Å². The maximum Gasteiger partial charge on any atom is 0.186 e. The van der Waals surface area contributed by atoms with E-state index in [9.17, 15) is 9.90 Å². The van der Waals surface area contributed by atoms with Gasteiger partial charge in [-0.25, -0.2) is 0 Å². The molecule has 0 spiro atoms. The standard InChI is InChI=1S/C13H14N2O2/c1-9-4-2-5-10(8-9)14-15-13-11(16)6-3-7-12(13)17/h2,4-5,8,16H,3,6-7H2,1H3. The number of allylic oxidation sites excluding steroid dienone is 2. The van der Waals surface area contributed by atoms with Gasteiger partial charge in [0.05, 0.1) is 5.69 Å². The minimum Gasteiger partial charge on any atom is -0.510 e. The van der Waals surface area contributed by atoms with Gasteiger partial charge in [0.2, 0.25) is 0 Å². The van der Waals surface area contributed by atoms with Crippen LogP contribution < -0.4 is 0 Å². The molecule has 4 heteroatoms. The van der Waals surface area contributed by atoms with Crippen LogP contribution in [0.4, 0.5) is 5.69 Å². The number of aryl methyl sites for hydroxylation is 1. The fraction of sp³-hybridized carbons (Fsp3) is 0.308. The Balaban J connectivity index is 2.23. The van der Waals surface area contributed by atoms with E-state index in [0.717, 1.165) is 5.56 Å². The first kappa shape index (κ1) is 11.5. The first-order chi connectivity index (χ1) is 8.16. The van der Waals surface area contributed by atoms with Crippen molar-refractivity contribution in [2.75, 3.05) is 0 Å². The highest BCUT2D eigenvalue weighted by atomic mass is 16.3. The number of azo groups is 1. The van der Waals surface area contributed by atoms with E-state index in [1.165, 1.54) is 0 Å². The molecule has 88 valence electrons. The van der Waals surface area contributed by atoms with E-state index >= 15 is 0 Å². The normalized spacial score (nSPS) is 16.9. The quantitative estimate of drug-likeness (QED) is 0.789. The van der Waals surface area contributed by atoms with Crippen LogP contribution in [0.2, 0.25) is 0 Å². The highest BCUT2D eigenvalue weighted by molar-refractivity contribution is 5.96. The number of ketones is 1. The number of Topliss-reactive ketones (excluding diaryl/α,β-unsaturated/α-hetero) is 1. The number of benzene rings is 1. The van der Waals surface area contributed by atoms with Crippen molar-refractivity contribution in [1.29, 1.82) is 0 Å². The van der Waals surface area contributed by atoms with Gasteiger partial charge in [-0.05, 0) is 31.0 Å². The van der Waals surface area contributed by atoms with Crippen molar-refractivity contribution in [1.82, 2.24) is 0 Å². The van der Waals surface area contributed by atoms with Crippen LogP contribution in [-0.2, 0) is 4.79 Å². The number of hydrogen-bond acceptors (Lipinski definition) is 4. The topological polar surface area (TPSA) is 62.0 Å². The van der Waals surface area contributed by atoms with Crippen molar-refractivity contribution in [3.63, 3.8) is 0 Å². The van der Waals surface area contributed by atoms with Gasteiger partial charge in [0.15, 0.2) is 11.5 Å². The van der Waals surface area contributed by atoms with Gasteiger partial charge in [-0.15, -0.1) is 5.11 Å². The summed E-state index contributed by atoms with van der Waals surface area (Å²) in [6, 6.07) is 7.51. The molecule has 0 aliphatic heterocycles. The van der Waals surface area contributed by atoms with Crippen LogP contribution in [0.3, 0.4) is 0 Å². The zero-order valence-corrected chi connectivity index (χ0v) is 9.68. The summed E-state index contributed by atoms with van der Waals surface area (Å²) in [7, 11) is 0. The van der Waals surface area contributed by atoms with Crippen LogP contribution in [0, 0.1) is 6.92 Å². The maximum atomic E-state index is 11.5. The van der Waals surface area contributed by atoms with Crippen molar-refractivity contribution in [3.05, 3.63) is 41.3 Å². The Kier molecular flexibility index (Phi) is 3.32. The molecule has 0 fully saturated rings. The molecule has 0 saturated heterocycles.